The minimum atomic E-state index is 0.521. The Kier molecular flexibility index (Phi) is 2.65. The lowest BCUT2D eigenvalue weighted by Gasteiger charge is -2.06. The van der Waals surface area contributed by atoms with Gasteiger partial charge in [-0.25, -0.2) is 20.5 Å². The maximum Gasteiger partial charge on any atom is 0.173 e. The van der Waals surface area contributed by atoms with Gasteiger partial charge in [-0.05, 0) is 28.9 Å². The number of rotatable bonds is 2. The molecule has 0 aliphatic heterocycles. The number of nitrogens with one attached hydrogen (secondary N) is 1. The highest BCUT2D eigenvalue weighted by Crippen LogP contribution is 2.24. The topological polar surface area (TPSA) is 81.7 Å². The van der Waals surface area contributed by atoms with Gasteiger partial charge in [-0.1, -0.05) is 0 Å². The van der Waals surface area contributed by atoms with Crippen LogP contribution in [0.1, 0.15) is 5.69 Å². The van der Waals surface area contributed by atoms with Gasteiger partial charge in [0.2, 0.25) is 0 Å². The van der Waals surface area contributed by atoms with E-state index >= 15 is 0 Å². The van der Waals surface area contributed by atoms with Crippen molar-refractivity contribution in [3.63, 3.8) is 0 Å². The molecule has 3 N–H and O–H groups in total. The smallest absolute Gasteiger partial charge is 0.173 e. The predicted molar refractivity (Wildman–Crippen MR) is 59.4 cm³/mol. The zero-order valence-electron chi connectivity index (χ0n) is 7.98. The van der Waals surface area contributed by atoms with Crippen LogP contribution in [-0.2, 0) is 0 Å². The molecule has 0 bridgehead atoms. The first-order valence-electron chi connectivity index (χ1n) is 4.22. The third-order valence-electron chi connectivity index (χ3n) is 1.85. The van der Waals surface area contributed by atoms with Gasteiger partial charge in [-0.15, -0.1) is 0 Å². The Balaban J connectivity index is 2.53. The Hall–Kier alpha value is -1.47. The van der Waals surface area contributed by atoms with Gasteiger partial charge in [-0.3, -0.25) is 0 Å². The third kappa shape index (κ3) is 1.83. The van der Waals surface area contributed by atoms with E-state index in [0.29, 0.717) is 16.1 Å². The number of nitrogens with two attached hydrogens (primary N) is 1. The van der Waals surface area contributed by atoms with Gasteiger partial charge in [0.25, 0.3) is 0 Å². The van der Waals surface area contributed by atoms with Crippen LogP contribution in [0.4, 0.5) is 5.82 Å². The molecule has 0 saturated heterocycles. The van der Waals surface area contributed by atoms with Gasteiger partial charge in [0.15, 0.2) is 11.6 Å². The van der Waals surface area contributed by atoms with E-state index in [0.717, 1.165) is 5.69 Å². The average Bonchev–Trinajstić information content (AvgIpc) is 2.65. The van der Waals surface area contributed by atoms with Gasteiger partial charge >= 0.3 is 0 Å². The summed E-state index contributed by atoms with van der Waals surface area (Å²) < 4.78 is 2.33. The Bertz CT molecular complexity index is 480. The Morgan fingerprint density at radius 2 is 2.27 bits per heavy atom. The summed E-state index contributed by atoms with van der Waals surface area (Å²) in [5, 5.41) is 4.24. The standard InChI is InChI=1S/C8H9BrN6/c1-5-2-3-15(14-5)8-6(9)7(13-10)11-4-12-8/h2-4H,10H2,1H3,(H,11,12,13). The van der Waals surface area contributed by atoms with Crippen LogP contribution in [0.2, 0.25) is 0 Å². The second kappa shape index (κ2) is 3.95. The van der Waals surface area contributed by atoms with Crippen LogP contribution < -0.4 is 11.3 Å². The second-order valence-corrected chi connectivity index (χ2v) is 3.70. The van der Waals surface area contributed by atoms with E-state index in [-0.39, 0.29) is 0 Å². The van der Waals surface area contributed by atoms with E-state index in [1.807, 2.05) is 19.2 Å². The SMILES string of the molecule is Cc1ccn(-c2ncnc(NN)c2Br)n1. The molecule has 6 nitrogen and oxygen atoms in total. The summed E-state index contributed by atoms with van der Waals surface area (Å²) in [5.41, 5.74) is 3.39. The molecule has 0 aliphatic rings. The fourth-order valence-corrected chi connectivity index (χ4v) is 1.65. The molecule has 15 heavy (non-hydrogen) atoms. The van der Waals surface area contributed by atoms with Crippen molar-refractivity contribution in [1.82, 2.24) is 19.7 Å². The molecule has 0 spiro atoms. The Morgan fingerprint density at radius 1 is 1.47 bits per heavy atom. The van der Waals surface area contributed by atoms with E-state index in [9.17, 15) is 0 Å². The van der Waals surface area contributed by atoms with E-state index in [1.165, 1.54) is 6.33 Å². The summed E-state index contributed by atoms with van der Waals surface area (Å²) in [6, 6.07) is 1.89. The molecular weight excluding hydrogens is 260 g/mol. The van der Waals surface area contributed by atoms with Crippen molar-refractivity contribution in [1.29, 1.82) is 0 Å². The minimum Gasteiger partial charge on any atom is -0.307 e. The number of nitrogen functional groups attached to an aromatic ring is 1. The quantitative estimate of drug-likeness (QED) is 0.628. The lowest BCUT2D eigenvalue weighted by Crippen LogP contribution is -2.11. The number of anilines is 1. The van der Waals surface area contributed by atoms with E-state index < -0.39 is 0 Å². The highest BCUT2D eigenvalue weighted by Gasteiger charge is 2.09. The molecule has 2 aromatic rings. The molecule has 2 rings (SSSR count). The fourth-order valence-electron chi connectivity index (χ4n) is 1.15. The number of hydrogen-bond acceptors (Lipinski definition) is 5. The van der Waals surface area contributed by atoms with Crippen LogP contribution in [0.3, 0.4) is 0 Å². The number of hydrazine groups is 1. The molecule has 0 saturated carbocycles. The largest absolute Gasteiger partial charge is 0.307 e. The Labute approximate surface area is 94.6 Å². The molecule has 0 unspecified atom stereocenters. The van der Waals surface area contributed by atoms with Crippen molar-refractivity contribution >= 4 is 21.7 Å². The predicted octanol–water partition coefficient (Wildman–Crippen LogP) is 1.02. The number of aromatic nitrogens is 4. The van der Waals surface area contributed by atoms with Crippen LogP contribution in [0.5, 0.6) is 0 Å². The first-order chi connectivity index (χ1) is 7.22. The first-order valence-corrected chi connectivity index (χ1v) is 5.01. The monoisotopic (exact) mass is 268 g/mol. The van der Waals surface area contributed by atoms with Crippen LogP contribution in [0.15, 0.2) is 23.1 Å². The summed E-state index contributed by atoms with van der Waals surface area (Å²) in [7, 11) is 0. The fraction of sp³-hybridized carbons (Fsp3) is 0.125. The Morgan fingerprint density at radius 3 is 2.87 bits per heavy atom. The number of hydrogen-bond donors (Lipinski definition) is 2. The van der Waals surface area contributed by atoms with E-state index in [1.54, 1.807) is 4.68 Å². The lowest BCUT2D eigenvalue weighted by atomic mass is 10.5. The van der Waals surface area contributed by atoms with Crippen LogP contribution in [-0.4, -0.2) is 19.7 Å². The van der Waals surface area contributed by atoms with Gasteiger partial charge < -0.3 is 5.43 Å². The second-order valence-electron chi connectivity index (χ2n) is 2.91. The molecule has 0 atom stereocenters. The molecule has 0 fully saturated rings. The summed E-state index contributed by atoms with van der Waals surface area (Å²) in [5.74, 6) is 6.47. The van der Waals surface area contributed by atoms with Crippen molar-refractivity contribution in [3.05, 3.63) is 28.8 Å². The average molecular weight is 269 g/mol. The normalized spacial score (nSPS) is 10.3. The summed E-state index contributed by atoms with van der Waals surface area (Å²) in [4.78, 5) is 8.07. The van der Waals surface area contributed by atoms with Crippen LogP contribution >= 0.6 is 15.9 Å². The van der Waals surface area contributed by atoms with Gasteiger partial charge in [0, 0.05) is 6.20 Å². The zero-order chi connectivity index (χ0) is 10.8. The minimum absolute atomic E-state index is 0.521. The third-order valence-corrected chi connectivity index (χ3v) is 2.58. The number of halogens is 1. The highest BCUT2D eigenvalue weighted by atomic mass is 79.9. The van der Waals surface area contributed by atoms with Crippen LogP contribution in [0, 0.1) is 6.92 Å². The van der Waals surface area contributed by atoms with Crippen LogP contribution in [0.25, 0.3) is 5.82 Å². The summed E-state index contributed by atoms with van der Waals surface area (Å²) in [6.45, 7) is 1.91. The molecule has 2 aromatic heterocycles. The van der Waals surface area contributed by atoms with Gasteiger partial charge in [0.1, 0.15) is 10.8 Å². The molecule has 78 valence electrons. The number of aryl methyl sites for hydroxylation is 1. The molecule has 2 heterocycles. The highest BCUT2D eigenvalue weighted by molar-refractivity contribution is 9.10. The summed E-state index contributed by atoms with van der Waals surface area (Å²) >= 11 is 3.36. The lowest BCUT2D eigenvalue weighted by molar-refractivity contribution is 0.820. The molecule has 0 aliphatic carbocycles. The van der Waals surface area contributed by atoms with E-state index in [2.05, 4.69) is 36.4 Å². The molecule has 7 heteroatoms. The maximum atomic E-state index is 5.30. The van der Waals surface area contributed by atoms with Crippen molar-refractivity contribution in [3.8, 4) is 5.82 Å². The van der Waals surface area contributed by atoms with Crippen molar-refractivity contribution < 1.29 is 0 Å². The van der Waals surface area contributed by atoms with Gasteiger partial charge in [0.05, 0.1) is 5.69 Å². The van der Waals surface area contributed by atoms with Crippen molar-refractivity contribution in [2.75, 3.05) is 5.43 Å². The van der Waals surface area contributed by atoms with E-state index in [4.69, 9.17) is 5.84 Å². The summed E-state index contributed by atoms with van der Waals surface area (Å²) in [6.07, 6.45) is 3.25. The molecule has 0 radical (unpaired) electrons. The maximum absolute atomic E-state index is 5.30. The van der Waals surface area contributed by atoms with Crippen molar-refractivity contribution in [2.24, 2.45) is 5.84 Å². The molecule has 0 amide bonds. The molecular formula is C8H9BrN6. The first kappa shape index (κ1) is 10.1. The van der Waals surface area contributed by atoms with Gasteiger partial charge in [-0.2, -0.15) is 5.10 Å². The zero-order valence-corrected chi connectivity index (χ0v) is 9.56. The van der Waals surface area contributed by atoms with Crippen molar-refractivity contribution in [2.45, 2.75) is 6.92 Å². The number of nitrogens with zero attached hydrogens (tertiary/aromatic N) is 4. The molecule has 0 aromatic carbocycles.